The summed E-state index contributed by atoms with van der Waals surface area (Å²) in [5.41, 5.74) is 1.06. The van der Waals surface area contributed by atoms with Gasteiger partial charge in [0.1, 0.15) is 5.75 Å². The summed E-state index contributed by atoms with van der Waals surface area (Å²) < 4.78 is 30.9. The summed E-state index contributed by atoms with van der Waals surface area (Å²) in [7, 11) is -3.48. The Morgan fingerprint density at radius 3 is 2.36 bits per heavy atom. The molecule has 0 aliphatic heterocycles. The van der Waals surface area contributed by atoms with Crippen LogP contribution < -0.4 is 14.4 Å². The Morgan fingerprint density at radius 1 is 1.11 bits per heavy atom. The second-order valence-corrected chi connectivity index (χ2v) is 8.76. The predicted molar refractivity (Wildman–Crippen MR) is 114 cm³/mol. The number of nitrogens with one attached hydrogen (secondary N) is 1. The third-order valence-electron chi connectivity index (χ3n) is 3.80. The molecule has 0 spiro atoms. The SMILES string of the molecule is CCOc1ccc(N(CCCC(=O)Nc2ccc(Cl)c(Cl)c2)S(C)(=O)=O)cc1. The van der Waals surface area contributed by atoms with Gasteiger partial charge >= 0.3 is 0 Å². The minimum Gasteiger partial charge on any atom is -0.494 e. The van der Waals surface area contributed by atoms with Gasteiger partial charge in [-0.2, -0.15) is 0 Å². The van der Waals surface area contributed by atoms with Gasteiger partial charge in [0.2, 0.25) is 15.9 Å². The number of ether oxygens (including phenoxy) is 1. The Balaban J connectivity index is 1.96. The monoisotopic (exact) mass is 444 g/mol. The van der Waals surface area contributed by atoms with Gasteiger partial charge in [-0.15, -0.1) is 0 Å². The molecule has 0 aliphatic rings. The molecular formula is C19H22Cl2N2O4S. The Hall–Kier alpha value is -1.96. The van der Waals surface area contributed by atoms with Crippen molar-refractivity contribution in [3.8, 4) is 5.75 Å². The fourth-order valence-electron chi connectivity index (χ4n) is 2.54. The van der Waals surface area contributed by atoms with Crippen LogP contribution in [0.1, 0.15) is 19.8 Å². The fourth-order valence-corrected chi connectivity index (χ4v) is 3.81. The molecule has 0 saturated carbocycles. The molecule has 0 heterocycles. The van der Waals surface area contributed by atoms with Crippen molar-refractivity contribution < 1.29 is 17.9 Å². The molecule has 28 heavy (non-hydrogen) atoms. The highest BCUT2D eigenvalue weighted by Gasteiger charge is 2.17. The number of halogens is 2. The normalized spacial score (nSPS) is 11.1. The van der Waals surface area contributed by atoms with Crippen molar-refractivity contribution in [1.29, 1.82) is 0 Å². The number of hydrogen-bond donors (Lipinski definition) is 1. The van der Waals surface area contributed by atoms with Gasteiger partial charge in [0, 0.05) is 18.7 Å². The lowest BCUT2D eigenvalue weighted by molar-refractivity contribution is -0.116. The van der Waals surface area contributed by atoms with Crippen LogP contribution in [0, 0.1) is 0 Å². The van der Waals surface area contributed by atoms with Gasteiger partial charge in [-0.3, -0.25) is 9.10 Å². The Kier molecular flexibility index (Phi) is 7.98. The van der Waals surface area contributed by atoms with Crippen LogP contribution >= 0.6 is 23.2 Å². The van der Waals surface area contributed by atoms with E-state index in [0.29, 0.717) is 40.2 Å². The predicted octanol–water partition coefficient (Wildman–Crippen LogP) is 4.58. The molecular weight excluding hydrogens is 423 g/mol. The van der Waals surface area contributed by atoms with Crippen LogP contribution in [0.2, 0.25) is 10.0 Å². The zero-order valence-corrected chi connectivity index (χ0v) is 17.9. The van der Waals surface area contributed by atoms with E-state index in [1.165, 1.54) is 4.31 Å². The number of rotatable bonds is 9. The van der Waals surface area contributed by atoms with E-state index < -0.39 is 10.0 Å². The summed E-state index contributed by atoms with van der Waals surface area (Å²) >= 11 is 11.8. The fraction of sp³-hybridized carbons (Fsp3) is 0.316. The zero-order chi connectivity index (χ0) is 20.7. The molecule has 1 amide bonds. The first kappa shape index (κ1) is 22.3. The summed E-state index contributed by atoms with van der Waals surface area (Å²) in [6.45, 7) is 2.59. The topological polar surface area (TPSA) is 75.7 Å². The van der Waals surface area contributed by atoms with E-state index in [1.807, 2.05) is 6.92 Å². The van der Waals surface area contributed by atoms with Crippen molar-refractivity contribution in [3.05, 3.63) is 52.5 Å². The van der Waals surface area contributed by atoms with Crippen LogP contribution in [0.3, 0.4) is 0 Å². The molecule has 0 radical (unpaired) electrons. The van der Waals surface area contributed by atoms with Crippen molar-refractivity contribution in [1.82, 2.24) is 0 Å². The molecule has 9 heteroatoms. The molecule has 0 saturated heterocycles. The maximum atomic E-state index is 12.1. The third-order valence-corrected chi connectivity index (χ3v) is 5.74. The van der Waals surface area contributed by atoms with Crippen LogP contribution in [0.5, 0.6) is 5.75 Å². The zero-order valence-electron chi connectivity index (χ0n) is 15.6. The molecule has 0 unspecified atom stereocenters. The highest BCUT2D eigenvalue weighted by Crippen LogP contribution is 2.25. The summed E-state index contributed by atoms with van der Waals surface area (Å²) in [5.74, 6) is 0.430. The van der Waals surface area contributed by atoms with Crippen LogP contribution in [0.25, 0.3) is 0 Å². The number of benzene rings is 2. The number of hydrogen-bond acceptors (Lipinski definition) is 4. The van der Waals surface area contributed by atoms with E-state index in [1.54, 1.807) is 42.5 Å². The minimum absolute atomic E-state index is 0.156. The number of carbonyl (C=O) groups is 1. The van der Waals surface area contributed by atoms with Crippen LogP contribution in [-0.2, 0) is 14.8 Å². The number of carbonyl (C=O) groups excluding carboxylic acids is 1. The Labute approximate surface area is 175 Å². The molecule has 6 nitrogen and oxygen atoms in total. The van der Waals surface area contributed by atoms with E-state index in [0.717, 1.165) is 6.26 Å². The Morgan fingerprint density at radius 2 is 1.79 bits per heavy atom. The molecule has 1 N–H and O–H groups in total. The molecule has 2 rings (SSSR count). The van der Waals surface area contributed by atoms with E-state index in [-0.39, 0.29) is 18.9 Å². The second-order valence-electron chi connectivity index (χ2n) is 6.04. The smallest absolute Gasteiger partial charge is 0.232 e. The third kappa shape index (κ3) is 6.58. The highest BCUT2D eigenvalue weighted by molar-refractivity contribution is 7.92. The van der Waals surface area contributed by atoms with E-state index in [9.17, 15) is 13.2 Å². The van der Waals surface area contributed by atoms with Gasteiger partial charge in [0.05, 0.1) is 28.6 Å². The van der Waals surface area contributed by atoms with Crippen molar-refractivity contribution >= 4 is 50.5 Å². The number of nitrogens with zero attached hydrogens (tertiary/aromatic N) is 1. The lowest BCUT2D eigenvalue weighted by Crippen LogP contribution is -2.31. The quantitative estimate of drug-likeness (QED) is 0.613. The average Bonchev–Trinajstić information content (AvgIpc) is 2.62. The van der Waals surface area contributed by atoms with Gasteiger partial charge in [-0.25, -0.2) is 8.42 Å². The molecule has 0 bridgehead atoms. The van der Waals surface area contributed by atoms with Crippen LogP contribution in [-0.4, -0.2) is 33.7 Å². The first-order valence-electron chi connectivity index (χ1n) is 8.66. The summed E-state index contributed by atoms with van der Waals surface area (Å²) in [4.78, 5) is 12.1. The Bertz CT molecular complexity index is 918. The van der Waals surface area contributed by atoms with Crippen molar-refractivity contribution in [2.75, 3.05) is 29.0 Å². The lowest BCUT2D eigenvalue weighted by Gasteiger charge is -2.22. The molecule has 0 aromatic heterocycles. The maximum Gasteiger partial charge on any atom is 0.232 e. The number of sulfonamides is 1. The van der Waals surface area contributed by atoms with E-state index in [2.05, 4.69) is 5.32 Å². The lowest BCUT2D eigenvalue weighted by atomic mass is 10.2. The minimum atomic E-state index is -3.48. The molecule has 0 aliphatic carbocycles. The van der Waals surface area contributed by atoms with Gasteiger partial charge in [0.15, 0.2) is 0 Å². The highest BCUT2D eigenvalue weighted by atomic mass is 35.5. The van der Waals surface area contributed by atoms with E-state index in [4.69, 9.17) is 27.9 Å². The summed E-state index contributed by atoms with van der Waals surface area (Å²) in [6, 6.07) is 11.6. The number of anilines is 2. The molecule has 2 aromatic rings. The standard InChI is InChI=1S/C19H22Cl2N2O4S/c1-3-27-16-9-7-15(8-10-16)23(28(2,25)26)12-4-5-19(24)22-14-6-11-17(20)18(21)13-14/h6-11,13H,3-5,12H2,1-2H3,(H,22,24). The van der Waals surface area contributed by atoms with Gasteiger partial charge < -0.3 is 10.1 Å². The molecule has 0 atom stereocenters. The second kappa shape index (κ2) is 10.0. The molecule has 152 valence electrons. The van der Waals surface area contributed by atoms with Gasteiger partial charge in [-0.05, 0) is 55.8 Å². The maximum absolute atomic E-state index is 12.1. The first-order chi connectivity index (χ1) is 13.2. The van der Waals surface area contributed by atoms with Crippen molar-refractivity contribution in [3.63, 3.8) is 0 Å². The number of amides is 1. The van der Waals surface area contributed by atoms with Crippen LogP contribution in [0.4, 0.5) is 11.4 Å². The average molecular weight is 445 g/mol. The summed E-state index contributed by atoms with van der Waals surface area (Å²) in [5, 5.41) is 3.46. The van der Waals surface area contributed by atoms with Gasteiger partial charge in [-0.1, -0.05) is 23.2 Å². The van der Waals surface area contributed by atoms with Crippen molar-refractivity contribution in [2.24, 2.45) is 0 Å². The first-order valence-corrected chi connectivity index (χ1v) is 11.3. The van der Waals surface area contributed by atoms with Crippen LogP contribution in [0.15, 0.2) is 42.5 Å². The largest absolute Gasteiger partial charge is 0.494 e. The van der Waals surface area contributed by atoms with Crippen molar-refractivity contribution in [2.45, 2.75) is 19.8 Å². The van der Waals surface area contributed by atoms with E-state index >= 15 is 0 Å². The molecule has 0 fully saturated rings. The molecule has 2 aromatic carbocycles. The summed E-state index contributed by atoms with van der Waals surface area (Å²) in [6.07, 6.45) is 1.65. The van der Waals surface area contributed by atoms with Gasteiger partial charge in [0.25, 0.3) is 0 Å².